The highest BCUT2D eigenvalue weighted by atomic mass is 35.5. The lowest BCUT2D eigenvalue weighted by molar-refractivity contribution is 0.122. The summed E-state index contributed by atoms with van der Waals surface area (Å²) in [6, 6.07) is 1.99. The summed E-state index contributed by atoms with van der Waals surface area (Å²) in [6.07, 6.45) is 2.11. The molecule has 0 amide bonds. The maximum atomic E-state index is 6.33. The smallest absolute Gasteiger partial charge is 0.156 e. The van der Waals surface area contributed by atoms with Crippen molar-refractivity contribution in [2.75, 3.05) is 31.2 Å². The summed E-state index contributed by atoms with van der Waals surface area (Å²) in [7, 11) is 0. The van der Waals surface area contributed by atoms with Crippen LogP contribution in [0.3, 0.4) is 0 Å². The maximum Gasteiger partial charge on any atom is 0.156 e. The molecule has 0 saturated carbocycles. The number of morpholine rings is 1. The van der Waals surface area contributed by atoms with Crippen LogP contribution < -0.4 is 4.90 Å². The van der Waals surface area contributed by atoms with Crippen LogP contribution in [0.1, 0.15) is 11.4 Å². The minimum absolute atomic E-state index is 0.704. The molecule has 0 aromatic carbocycles. The molecular formula is C13H16ClN3O. The molecule has 0 aliphatic carbocycles. The number of hydrogen-bond acceptors (Lipinski definition) is 3. The predicted octanol–water partition coefficient (Wildman–Crippen LogP) is 2.44. The number of hydrogen-bond donors (Lipinski definition) is 0. The second kappa shape index (κ2) is 4.44. The van der Waals surface area contributed by atoms with Crippen LogP contribution in [0.5, 0.6) is 0 Å². The van der Waals surface area contributed by atoms with Crippen LogP contribution in [0.15, 0.2) is 12.3 Å². The number of aromatic nitrogens is 2. The Morgan fingerprint density at radius 1 is 1.28 bits per heavy atom. The van der Waals surface area contributed by atoms with Crippen LogP contribution in [0.2, 0.25) is 5.02 Å². The van der Waals surface area contributed by atoms with Crippen LogP contribution in [-0.4, -0.2) is 35.7 Å². The van der Waals surface area contributed by atoms with Gasteiger partial charge >= 0.3 is 0 Å². The van der Waals surface area contributed by atoms with E-state index in [9.17, 15) is 0 Å². The number of anilines is 1. The number of pyridine rings is 1. The zero-order chi connectivity index (χ0) is 12.7. The largest absolute Gasteiger partial charge is 0.378 e. The number of nitrogens with zero attached hydrogens (tertiary/aromatic N) is 3. The predicted molar refractivity (Wildman–Crippen MR) is 72.7 cm³/mol. The summed E-state index contributed by atoms with van der Waals surface area (Å²) < 4.78 is 7.44. The van der Waals surface area contributed by atoms with E-state index in [0.717, 1.165) is 49.0 Å². The van der Waals surface area contributed by atoms with E-state index in [0.29, 0.717) is 5.02 Å². The second-order valence-electron chi connectivity index (χ2n) is 4.62. The van der Waals surface area contributed by atoms with Crippen molar-refractivity contribution in [3.05, 3.63) is 28.7 Å². The maximum absolute atomic E-state index is 6.33. The molecule has 0 radical (unpaired) electrons. The fraction of sp³-hybridized carbons (Fsp3) is 0.462. The topological polar surface area (TPSA) is 29.8 Å². The van der Waals surface area contributed by atoms with E-state index in [4.69, 9.17) is 16.3 Å². The lowest BCUT2D eigenvalue weighted by Gasteiger charge is -2.29. The van der Waals surface area contributed by atoms with E-state index in [1.54, 1.807) is 0 Å². The van der Waals surface area contributed by atoms with Crippen LogP contribution in [-0.2, 0) is 4.74 Å². The third-order valence-electron chi connectivity index (χ3n) is 3.51. The summed E-state index contributed by atoms with van der Waals surface area (Å²) in [5.41, 5.74) is 4.14. The van der Waals surface area contributed by atoms with Crippen molar-refractivity contribution >= 4 is 22.9 Å². The first-order valence-electron chi connectivity index (χ1n) is 6.14. The number of imidazole rings is 1. The van der Waals surface area contributed by atoms with Gasteiger partial charge in [-0.1, -0.05) is 11.6 Å². The third-order valence-corrected chi connectivity index (χ3v) is 3.79. The zero-order valence-corrected chi connectivity index (χ0v) is 11.4. The van der Waals surface area contributed by atoms with E-state index in [2.05, 4.69) is 27.4 Å². The first-order chi connectivity index (χ1) is 8.66. The van der Waals surface area contributed by atoms with Gasteiger partial charge in [-0.3, -0.25) is 0 Å². The minimum Gasteiger partial charge on any atom is -0.378 e. The normalized spacial score (nSPS) is 16.5. The summed E-state index contributed by atoms with van der Waals surface area (Å²) in [6.45, 7) is 7.44. The van der Waals surface area contributed by atoms with E-state index >= 15 is 0 Å². The molecule has 18 heavy (non-hydrogen) atoms. The van der Waals surface area contributed by atoms with Crippen LogP contribution in [0.4, 0.5) is 5.69 Å². The van der Waals surface area contributed by atoms with Crippen molar-refractivity contribution < 1.29 is 4.74 Å². The van der Waals surface area contributed by atoms with Gasteiger partial charge in [0.15, 0.2) is 5.65 Å². The quantitative estimate of drug-likeness (QED) is 0.793. The van der Waals surface area contributed by atoms with Gasteiger partial charge in [0, 0.05) is 25.0 Å². The number of rotatable bonds is 1. The van der Waals surface area contributed by atoms with E-state index in [-0.39, 0.29) is 0 Å². The van der Waals surface area contributed by atoms with Gasteiger partial charge in [0.2, 0.25) is 0 Å². The van der Waals surface area contributed by atoms with E-state index < -0.39 is 0 Å². The summed E-state index contributed by atoms with van der Waals surface area (Å²) in [4.78, 5) is 6.78. The first kappa shape index (κ1) is 11.8. The molecule has 96 valence electrons. The Bertz CT molecular complexity index is 587. The number of ether oxygens (including phenoxy) is 1. The van der Waals surface area contributed by atoms with Crippen molar-refractivity contribution in [1.82, 2.24) is 9.38 Å². The lowest BCUT2D eigenvalue weighted by atomic mass is 10.3. The molecule has 1 saturated heterocycles. The molecule has 2 aromatic heterocycles. The molecule has 0 atom stereocenters. The molecule has 1 fully saturated rings. The summed E-state index contributed by atoms with van der Waals surface area (Å²) >= 11 is 6.33. The average molecular weight is 266 g/mol. The Balaban J connectivity index is 2.10. The standard InChI is InChI=1S/C13H16ClN3O/c1-9-10(2)17-8-11(7-12(14)13(17)15-9)16-3-5-18-6-4-16/h7-8H,3-6H2,1-2H3. The lowest BCUT2D eigenvalue weighted by Crippen LogP contribution is -2.36. The molecule has 1 aliphatic rings. The summed E-state index contributed by atoms with van der Waals surface area (Å²) in [5, 5.41) is 0.704. The van der Waals surface area contributed by atoms with Gasteiger partial charge in [-0.05, 0) is 19.9 Å². The highest BCUT2D eigenvalue weighted by Gasteiger charge is 2.15. The molecule has 0 spiro atoms. The van der Waals surface area contributed by atoms with Gasteiger partial charge in [0.25, 0.3) is 0 Å². The van der Waals surface area contributed by atoms with Gasteiger partial charge in [-0.15, -0.1) is 0 Å². The van der Waals surface area contributed by atoms with Crippen molar-refractivity contribution in [1.29, 1.82) is 0 Å². The molecule has 0 N–H and O–H groups in total. The monoisotopic (exact) mass is 265 g/mol. The molecular weight excluding hydrogens is 250 g/mol. The zero-order valence-electron chi connectivity index (χ0n) is 10.6. The van der Waals surface area contributed by atoms with Crippen LogP contribution in [0.25, 0.3) is 5.65 Å². The molecule has 3 heterocycles. The molecule has 3 rings (SSSR count). The highest BCUT2D eigenvalue weighted by Crippen LogP contribution is 2.26. The molecule has 0 bridgehead atoms. The third kappa shape index (κ3) is 1.85. The van der Waals surface area contributed by atoms with Gasteiger partial charge in [0.1, 0.15) is 0 Å². The van der Waals surface area contributed by atoms with Gasteiger partial charge in [-0.2, -0.15) is 0 Å². The molecule has 0 unspecified atom stereocenters. The Morgan fingerprint density at radius 3 is 2.72 bits per heavy atom. The van der Waals surface area contributed by atoms with Crippen molar-refractivity contribution in [3.63, 3.8) is 0 Å². The fourth-order valence-electron chi connectivity index (χ4n) is 2.31. The molecule has 2 aromatic rings. The average Bonchev–Trinajstić information content (AvgIpc) is 2.68. The fourth-order valence-corrected chi connectivity index (χ4v) is 2.56. The van der Waals surface area contributed by atoms with Crippen molar-refractivity contribution in [2.45, 2.75) is 13.8 Å². The minimum atomic E-state index is 0.704. The molecule has 1 aliphatic heterocycles. The van der Waals surface area contributed by atoms with E-state index in [1.807, 2.05) is 13.0 Å². The van der Waals surface area contributed by atoms with Crippen molar-refractivity contribution in [3.8, 4) is 0 Å². The molecule has 4 nitrogen and oxygen atoms in total. The number of fused-ring (bicyclic) bond motifs is 1. The highest BCUT2D eigenvalue weighted by molar-refractivity contribution is 6.33. The Morgan fingerprint density at radius 2 is 2.00 bits per heavy atom. The Labute approximate surface area is 111 Å². The Kier molecular flexibility index (Phi) is 2.92. The summed E-state index contributed by atoms with van der Waals surface area (Å²) in [5.74, 6) is 0. The van der Waals surface area contributed by atoms with E-state index in [1.165, 1.54) is 0 Å². The van der Waals surface area contributed by atoms with Gasteiger partial charge < -0.3 is 14.0 Å². The number of halogens is 1. The molecule has 5 heteroatoms. The van der Waals surface area contributed by atoms with Crippen molar-refractivity contribution in [2.24, 2.45) is 0 Å². The van der Waals surface area contributed by atoms with Gasteiger partial charge in [-0.25, -0.2) is 4.98 Å². The first-order valence-corrected chi connectivity index (χ1v) is 6.52. The SMILES string of the molecule is Cc1nc2c(Cl)cc(N3CCOCC3)cn2c1C. The van der Waals surface area contributed by atoms with Crippen LogP contribution in [0, 0.1) is 13.8 Å². The number of aryl methyl sites for hydroxylation is 2. The Hall–Kier alpha value is -1.26. The van der Waals surface area contributed by atoms with Crippen LogP contribution >= 0.6 is 11.6 Å². The van der Waals surface area contributed by atoms with Gasteiger partial charge in [0.05, 0.1) is 29.6 Å². The second-order valence-corrected chi connectivity index (χ2v) is 5.03.